The van der Waals surface area contributed by atoms with Crippen LogP contribution in [-0.2, 0) is 4.74 Å². The highest BCUT2D eigenvalue weighted by Gasteiger charge is 2.10. The van der Waals surface area contributed by atoms with Crippen molar-refractivity contribution in [3.8, 4) is 0 Å². The van der Waals surface area contributed by atoms with E-state index in [9.17, 15) is 4.79 Å². The fourth-order valence-corrected chi connectivity index (χ4v) is 2.35. The first-order valence-corrected chi connectivity index (χ1v) is 7.94. The van der Waals surface area contributed by atoms with Gasteiger partial charge >= 0.3 is 0 Å². The van der Waals surface area contributed by atoms with Crippen LogP contribution in [0.1, 0.15) is 15.9 Å². The maximum atomic E-state index is 12.3. The third kappa shape index (κ3) is 4.71. The van der Waals surface area contributed by atoms with Crippen molar-refractivity contribution >= 4 is 46.7 Å². The fraction of sp³-hybridized carbons (Fsp3) is 0.176. The van der Waals surface area contributed by atoms with Crippen LogP contribution in [0.3, 0.4) is 0 Å². The Hall–Kier alpha value is -2.08. The van der Waals surface area contributed by atoms with Gasteiger partial charge in [-0.15, -0.1) is 0 Å². The van der Waals surface area contributed by atoms with Crippen LogP contribution in [-0.4, -0.2) is 32.4 Å². The van der Waals surface area contributed by atoms with Crippen LogP contribution in [0.25, 0.3) is 0 Å². The van der Waals surface area contributed by atoms with Crippen molar-refractivity contribution in [1.82, 2.24) is 0 Å². The average molecular weight is 366 g/mol. The van der Waals surface area contributed by atoms with Gasteiger partial charge in [0.25, 0.3) is 5.91 Å². The number of ether oxygens (including phenoxy) is 1. The van der Waals surface area contributed by atoms with Crippen LogP contribution in [0.2, 0.25) is 10.0 Å². The Bertz CT molecular complexity index is 751. The van der Waals surface area contributed by atoms with Crippen molar-refractivity contribution in [3.63, 3.8) is 0 Å². The van der Waals surface area contributed by atoms with Crippen molar-refractivity contribution in [2.24, 2.45) is 0 Å². The van der Waals surface area contributed by atoms with E-state index in [4.69, 9.17) is 33.3 Å². The maximum absolute atomic E-state index is 12.3. The molecule has 7 heteroatoms. The van der Waals surface area contributed by atoms with E-state index < -0.39 is 0 Å². The Balaban J connectivity index is 2.14. The molecule has 0 saturated heterocycles. The van der Waals surface area contributed by atoms with Gasteiger partial charge in [-0.25, -0.2) is 0 Å². The fourth-order valence-electron chi connectivity index (χ4n) is 2.05. The summed E-state index contributed by atoms with van der Waals surface area (Å²) in [5, 5.41) is 14.2. The minimum atomic E-state index is -0.292. The lowest BCUT2D eigenvalue weighted by Gasteiger charge is -2.11. The highest BCUT2D eigenvalue weighted by atomic mass is 35.5. The van der Waals surface area contributed by atoms with Crippen molar-refractivity contribution in [2.75, 3.05) is 30.9 Å². The zero-order chi connectivity index (χ0) is 17.5. The number of benzene rings is 2. The smallest absolute Gasteiger partial charge is 0.255 e. The average Bonchev–Trinajstić information content (AvgIpc) is 2.58. The number of hydrogen-bond donors (Lipinski definition) is 3. The second kappa shape index (κ2) is 8.68. The van der Waals surface area contributed by atoms with E-state index >= 15 is 0 Å². The molecule has 0 aliphatic carbocycles. The molecular weight excluding hydrogens is 349 g/mol. The molecule has 126 valence electrons. The summed E-state index contributed by atoms with van der Waals surface area (Å²) in [5.74, 6) is -0.292. The summed E-state index contributed by atoms with van der Waals surface area (Å²) in [6.45, 7) is 1.17. The second-order valence-electron chi connectivity index (χ2n) is 4.95. The number of carbonyl (C=O) groups is 1. The predicted octanol–water partition coefficient (Wildman–Crippen LogP) is 4.30. The summed E-state index contributed by atoms with van der Waals surface area (Å²) in [6.07, 6.45) is 1.20. The number of nitrogens with one attached hydrogen (secondary N) is 3. The SMILES string of the molecule is COCCNc1ccc(C(=O)Nc2ccc(Cl)c(Cl)c2)cc1C=N. The summed E-state index contributed by atoms with van der Waals surface area (Å²) in [5.41, 5.74) is 2.38. The van der Waals surface area contributed by atoms with Crippen molar-refractivity contribution in [3.05, 3.63) is 57.6 Å². The minimum Gasteiger partial charge on any atom is -0.383 e. The summed E-state index contributed by atoms with van der Waals surface area (Å²) < 4.78 is 4.98. The van der Waals surface area contributed by atoms with E-state index in [1.165, 1.54) is 6.21 Å². The topological polar surface area (TPSA) is 74.2 Å². The molecule has 0 aliphatic heterocycles. The highest BCUT2D eigenvalue weighted by molar-refractivity contribution is 6.42. The molecule has 0 radical (unpaired) electrons. The molecule has 0 heterocycles. The predicted molar refractivity (Wildman–Crippen MR) is 99.1 cm³/mol. The third-order valence-corrected chi connectivity index (χ3v) is 4.01. The first kappa shape index (κ1) is 18.3. The van der Waals surface area contributed by atoms with Gasteiger partial charge in [-0.1, -0.05) is 23.2 Å². The summed E-state index contributed by atoms with van der Waals surface area (Å²) in [7, 11) is 1.62. The van der Waals surface area contributed by atoms with Crippen LogP contribution in [0.4, 0.5) is 11.4 Å². The van der Waals surface area contributed by atoms with Gasteiger partial charge in [0.2, 0.25) is 0 Å². The molecule has 0 aliphatic rings. The van der Waals surface area contributed by atoms with E-state index in [1.54, 1.807) is 43.5 Å². The largest absolute Gasteiger partial charge is 0.383 e. The molecule has 24 heavy (non-hydrogen) atoms. The van der Waals surface area contributed by atoms with Gasteiger partial charge in [-0.3, -0.25) is 4.79 Å². The first-order valence-electron chi connectivity index (χ1n) is 7.19. The zero-order valence-corrected chi connectivity index (χ0v) is 14.5. The molecule has 2 rings (SSSR count). The lowest BCUT2D eigenvalue weighted by molar-refractivity contribution is 0.102. The van der Waals surface area contributed by atoms with Crippen LogP contribution in [0.15, 0.2) is 36.4 Å². The number of hydrogen-bond acceptors (Lipinski definition) is 4. The van der Waals surface area contributed by atoms with Gasteiger partial charge < -0.3 is 20.8 Å². The summed E-state index contributed by atoms with van der Waals surface area (Å²) in [4.78, 5) is 12.3. The number of halogens is 2. The third-order valence-electron chi connectivity index (χ3n) is 3.27. The molecule has 1 amide bonds. The van der Waals surface area contributed by atoms with Crippen LogP contribution in [0.5, 0.6) is 0 Å². The Morgan fingerprint density at radius 3 is 2.67 bits per heavy atom. The highest BCUT2D eigenvalue weighted by Crippen LogP contribution is 2.25. The molecule has 0 atom stereocenters. The standard InChI is InChI=1S/C17H17Cl2N3O2/c1-24-7-6-21-16-5-2-11(8-12(16)10-20)17(23)22-13-3-4-14(18)15(19)9-13/h2-5,8-10,20-21H,6-7H2,1H3,(H,22,23). The van der Waals surface area contributed by atoms with Crippen LogP contribution < -0.4 is 10.6 Å². The van der Waals surface area contributed by atoms with Gasteiger partial charge in [0, 0.05) is 42.4 Å². The Labute approximate surface area is 150 Å². The van der Waals surface area contributed by atoms with Gasteiger partial charge in [0.05, 0.1) is 16.7 Å². The monoisotopic (exact) mass is 365 g/mol. The molecule has 2 aromatic rings. The van der Waals surface area contributed by atoms with Crippen molar-refractivity contribution in [2.45, 2.75) is 0 Å². The molecular formula is C17H17Cl2N3O2. The maximum Gasteiger partial charge on any atom is 0.255 e. The van der Waals surface area contributed by atoms with Crippen LogP contribution in [0, 0.1) is 5.41 Å². The van der Waals surface area contributed by atoms with E-state index in [1.807, 2.05) is 0 Å². The lowest BCUT2D eigenvalue weighted by Crippen LogP contribution is -2.14. The molecule has 0 spiro atoms. The molecule has 0 fully saturated rings. The van der Waals surface area contributed by atoms with Crippen molar-refractivity contribution < 1.29 is 9.53 Å². The van der Waals surface area contributed by atoms with Gasteiger partial charge in [0.1, 0.15) is 0 Å². The van der Waals surface area contributed by atoms with Crippen LogP contribution >= 0.6 is 23.2 Å². The first-order chi connectivity index (χ1) is 11.5. The number of rotatable bonds is 7. The van der Waals surface area contributed by atoms with E-state index in [2.05, 4.69) is 10.6 Å². The molecule has 5 nitrogen and oxygen atoms in total. The number of amides is 1. The molecule has 0 unspecified atom stereocenters. The molecule has 0 bridgehead atoms. The van der Waals surface area contributed by atoms with Gasteiger partial charge in [-0.05, 0) is 36.4 Å². The van der Waals surface area contributed by atoms with Gasteiger partial charge in [-0.2, -0.15) is 0 Å². The summed E-state index contributed by atoms with van der Waals surface area (Å²) >= 11 is 11.8. The quantitative estimate of drug-likeness (QED) is 0.505. The van der Waals surface area contributed by atoms with E-state index in [-0.39, 0.29) is 5.91 Å². The number of carbonyl (C=O) groups excluding carboxylic acids is 1. The molecule has 2 aromatic carbocycles. The minimum absolute atomic E-state index is 0.292. The Morgan fingerprint density at radius 2 is 2.00 bits per heavy atom. The number of methoxy groups -OCH3 is 1. The Morgan fingerprint density at radius 1 is 1.21 bits per heavy atom. The number of anilines is 2. The molecule has 0 saturated carbocycles. The lowest BCUT2D eigenvalue weighted by atomic mass is 10.1. The molecule has 3 N–H and O–H groups in total. The van der Waals surface area contributed by atoms with E-state index in [0.29, 0.717) is 40.0 Å². The van der Waals surface area contributed by atoms with E-state index in [0.717, 1.165) is 5.69 Å². The van der Waals surface area contributed by atoms with Gasteiger partial charge in [0.15, 0.2) is 0 Å². The van der Waals surface area contributed by atoms with Crippen molar-refractivity contribution in [1.29, 1.82) is 5.41 Å². The molecule has 0 aromatic heterocycles. The second-order valence-corrected chi connectivity index (χ2v) is 5.76. The Kier molecular flexibility index (Phi) is 6.61. The zero-order valence-electron chi connectivity index (χ0n) is 13.0. The summed E-state index contributed by atoms with van der Waals surface area (Å²) in [6, 6.07) is 9.97. The normalized spacial score (nSPS) is 10.3.